The van der Waals surface area contributed by atoms with Crippen molar-refractivity contribution in [3.05, 3.63) is 47.4 Å². The highest BCUT2D eigenvalue weighted by Gasteiger charge is 2.31. The molecule has 1 aliphatic heterocycles. The Bertz CT molecular complexity index is 989. The number of hydrogen-bond donors (Lipinski definition) is 1. The molecule has 1 unspecified atom stereocenters. The number of aryl methyl sites for hydroxylation is 1. The second-order valence-electron chi connectivity index (χ2n) is 6.97. The van der Waals surface area contributed by atoms with Crippen molar-refractivity contribution in [1.82, 2.24) is 24.3 Å². The maximum atomic E-state index is 13.2. The molecule has 1 amide bonds. The molecule has 10 nitrogen and oxygen atoms in total. The van der Waals surface area contributed by atoms with Crippen molar-refractivity contribution in [1.29, 1.82) is 0 Å². The van der Waals surface area contributed by atoms with Crippen molar-refractivity contribution in [3.8, 4) is 0 Å². The summed E-state index contributed by atoms with van der Waals surface area (Å²) in [5.74, 6) is -0.322. The van der Waals surface area contributed by atoms with E-state index in [9.17, 15) is 22.8 Å². The summed E-state index contributed by atoms with van der Waals surface area (Å²) in [5, 5.41) is 10.7. The number of rotatable bonds is 9. The van der Waals surface area contributed by atoms with Gasteiger partial charge in [0, 0.05) is 51.1 Å². The predicted molar refractivity (Wildman–Crippen MR) is 111 cm³/mol. The van der Waals surface area contributed by atoms with Gasteiger partial charge >= 0.3 is 0 Å². The molecule has 3 rings (SSSR count). The Balaban J connectivity index is 1.61. The molecule has 0 spiro atoms. The van der Waals surface area contributed by atoms with Crippen molar-refractivity contribution in [3.63, 3.8) is 0 Å². The lowest BCUT2D eigenvalue weighted by atomic mass is 10.2. The fourth-order valence-corrected chi connectivity index (χ4v) is 5.12. The fraction of sp³-hybridized carbons (Fsp3) is 0.444. The molecule has 1 N–H and O–H groups in total. The van der Waals surface area contributed by atoms with Crippen LogP contribution in [0.15, 0.2) is 30.6 Å². The van der Waals surface area contributed by atoms with Crippen molar-refractivity contribution >= 4 is 33.9 Å². The van der Waals surface area contributed by atoms with Gasteiger partial charge in [0.2, 0.25) is 22.4 Å². The lowest BCUT2D eigenvalue weighted by Crippen LogP contribution is -2.51. The minimum absolute atomic E-state index is 0.0482. The Morgan fingerprint density at radius 2 is 1.97 bits per heavy atom. The Hall–Kier alpha value is -2.41. The van der Waals surface area contributed by atoms with Gasteiger partial charge in [-0.1, -0.05) is 11.6 Å². The number of hydroxylamine groups is 2. The highest BCUT2D eigenvalue weighted by Crippen LogP contribution is 2.19. The van der Waals surface area contributed by atoms with E-state index in [-0.39, 0.29) is 38.2 Å². The minimum Gasteiger partial charge on any atom is -0.354 e. The van der Waals surface area contributed by atoms with Crippen LogP contribution in [0.5, 0.6) is 0 Å². The number of aromatic nitrogens is 3. The average molecular weight is 473 g/mol. The first-order chi connectivity index (χ1) is 14.8. The average Bonchev–Trinajstić information content (AvgIpc) is 2.76. The largest absolute Gasteiger partial charge is 0.354 e. The molecule has 31 heavy (non-hydrogen) atoms. The van der Waals surface area contributed by atoms with Gasteiger partial charge in [-0.3, -0.25) is 10.0 Å². The molecule has 2 aromatic rings. The zero-order chi connectivity index (χ0) is 22.4. The second kappa shape index (κ2) is 10.3. The second-order valence-corrected chi connectivity index (χ2v) is 9.42. The number of hydrogen-bond acceptors (Lipinski definition) is 8. The molecule has 0 radical (unpaired) electrons. The van der Waals surface area contributed by atoms with E-state index in [1.54, 1.807) is 12.1 Å². The highest BCUT2D eigenvalue weighted by molar-refractivity contribution is 7.89. The van der Waals surface area contributed by atoms with Gasteiger partial charge in [0.05, 0.1) is 16.8 Å². The summed E-state index contributed by atoms with van der Waals surface area (Å²) in [5.41, 5.74) is 0. The Morgan fingerprint density at radius 1 is 1.23 bits per heavy atom. The summed E-state index contributed by atoms with van der Waals surface area (Å²) in [6, 6.07) is 3.55. The van der Waals surface area contributed by atoms with Crippen LogP contribution < -0.4 is 4.90 Å². The van der Waals surface area contributed by atoms with E-state index >= 15 is 0 Å². The van der Waals surface area contributed by atoms with E-state index in [4.69, 9.17) is 11.6 Å². The first-order valence-electron chi connectivity index (χ1n) is 9.53. The molecule has 168 valence electrons. The lowest BCUT2D eigenvalue weighted by Gasteiger charge is -2.35. The number of pyridine rings is 1. The normalized spacial score (nSPS) is 16.2. The highest BCUT2D eigenvalue weighted by atomic mass is 35.5. The van der Waals surface area contributed by atoms with E-state index in [1.165, 1.54) is 16.7 Å². The molecule has 1 aliphatic rings. The van der Waals surface area contributed by atoms with Crippen LogP contribution in [0.25, 0.3) is 0 Å². The van der Waals surface area contributed by atoms with Gasteiger partial charge in [0.15, 0.2) is 0 Å². The molecule has 0 aromatic carbocycles. The zero-order valence-electron chi connectivity index (χ0n) is 16.5. The molecule has 0 bridgehead atoms. The molecular weight excluding hydrogens is 451 g/mol. The monoisotopic (exact) mass is 472 g/mol. The van der Waals surface area contributed by atoms with Gasteiger partial charge < -0.3 is 4.90 Å². The van der Waals surface area contributed by atoms with Gasteiger partial charge in [0.25, 0.3) is 0 Å². The molecule has 3 heterocycles. The number of carbonyl (C=O) groups excluding carboxylic acids is 1. The Morgan fingerprint density at radius 3 is 2.58 bits per heavy atom. The number of halogens is 2. The van der Waals surface area contributed by atoms with Crippen molar-refractivity contribution in [2.45, 2.75) is 18.9 Å². The van der Waals surface area contributed by atoms with Crippen LogP contribution in [0.1, 0.15) is 12.2 Å². The Kier molecular flexibility index (Phi) is 7.70. The van der Waals surface area contributed by atoms with E-state index in [0.29, 0.717) is 29.0 Å². The molecule has 1 fully saturated rings. The summed E-state index contributed by atoms with van der Waals surface area (Å²) in [6.07, 6.45) is 3.07. The van der Waals surface area contributed by atoms with Gasteiger partial charge in [-0.2, -0.15) is 8.70 Å². The van der Waals surface area contributed by atoms with E-state index < -0.39 is 27.8 Å². The summed E-state index contributed by atoms with van der Waals surface area (Å²) >= 11 is 5.85. The van der Waals surface area contributed by atoms with Crippen LogP contribution >= 0.6 is 11.6 Å². The maximum Gasteiger partial charge on any atom is 0.233 e. The lowest BCUT2D eigenvalue weighted by molar-refractivity contribution is -0.158. The molecule has 1 atom stereocenters. The number of nitrogens with zero attached hydrogens (tertiary/aromatic N) is 6. The molecule has 1 saturated heterocycles. The van der Waals surface area contributed by atoms with Gasteiger partial charge in [-0.05, 0) is 18.6 Å². The number of sulfonamides is 1. The summed E-state index contributed by atoms with van der Waals surface area (Å²) in [4.78, 5) is 24.8. The quantitative estimate of drug-likeness (QED) is 0.248. The molecule has 0 saturated carbocycles. The topological polar surface area (TPSA) is 120 Å². The van der Waals surface area contributed by atoms with Gasteiger partial charge in [-0.25, -0.2) is 28.4 Å². The van der Waals surface area contributed by atoms with Crippen molar-refractivity contribution < 1.29 is 22.8 Å². The Labute approximate surface area is 184 Å². The number of piperazine rings is 1. The number of carbonyl (C=O) groups is 1. The van der Waals surface area contributed by atoms with E-state index in [0.717, 1.165) is 6.07 Å². The van der Waals surface area contributed by atoms with Crippen molar-refractivity contribution in [2.75, 3.05) is 36.8 Å². The minimum atomic E-state index is -3.77. The van der Waals surface area contributed by atoms with Crippen LogP contribution in [0.3, 0.4) is 0 Å². The zero-order valence-corrected chi connectivity index (χ0v) is 18.1. The summed E-state index contributed by atoms with van der Waals surface area (Å²) in [6.45, 7) is 1.34. The van der Waals surface area contributed by atoms with Crippen LogP contribution in [-0.2, 0) is 21.2 Å². The maximum absolute atomic E-state index is 13.2. The van der Waals surface area contributed by atoms with Crippen LogP contribution in [0, 0.1) is 5.95 Å². The summed E-state index contributed by atoms with van der Waals surface area (Å²) in [7, 11) is -3.77. The van der Waals surface area contributed by atoms with E-state index in [2.05, 4.69) is 15.0 Å². The van der Waals surface area contributed by atoms with Crippen LogP contribution in [0.2, 0.25) is 5.02 Å². The third-order valence-corrected chi connectivity index (χ3v) is 7.11. The fourth-order valence-electron chi connectivity index (χ4n) is 3.27. The van der Waals surface area contributed by atoms with Gasteiger partial charge in [0.1, 0.15) is 11.6 Å². The number of anilines is 1. The third-order valence-electron chi connectivity index (χ3n) is 4.93. The van der Waals surface area contributed by atoms with Crippen LogP contribution in [0.4, 0.5) is 10.2 Å². The third kappa shape index (κ3) is 6.29. The SMILES string of the molecule is O=CN(O)C(CCc1nccc(F)n1)CS(=O)(=O)N1CCN(c2ccc(Cl)cn2)CC1. The first-order valence-corrected chi connectivity index (χ1v) is 11.5. The van der Waals surface area contributed by atoms with Crippen LogP contribution in [-0.4, -0.2) is 82.3 Å². The predicted octanol–water partition coefficient (Wildman–Crippen LogP) is 0.965. The molecule has 2 aromatic heterocycles. The van der Waals surface area contributed by atoms with E-state index in [1.807, 2.05) is 4.90 Å². The van der Waals surface area contributed by atoms with Crippen molar-refractivity contribution in [2.24, 2.45) is 0 Å². The summed E-state index contributed by atoms with van der Waals surface area (Å²) < 4.78 is 40.3. The smallest absolute Gasteiger partial charge is 0.233 e. The number of amides is 1. The van der Waals surface area contributed by atoms with Gasteiger partial charge in [-0.15, -0.1) is 0 Å². The standard InChI is InChI=1S/C18H22ClFN6O4S/c19-14-1-4-18(22-11-14)24-7-9-25(10-8-24)31(29,30)12-15(26(28)13-27)2-3-17-21-6-5-16(20)23-17/h1,4-6,11,13,15,28H,2-3,7-10,12H2. The molecule has 13 heteroatoms. The molecule has 0 aliphatic carbocycles. The first kappa shape index (κ1) is 23.3. The molecular formula is C18H22ClFN6O4S.